The van der Waals surface area contributed by atoms with Gasteiger partial charge in [0.15, 0.2) is 0 Å². The number of hydrogen-bond acceptors (Lipinski definition) is 3. The smallest absolute Gasteiger partial charge is 0.141 e. The molecule has 1 aliphatic heterocycles. The van der Waals surface area contributed by atoms with Gasteiger partial charge in [-0.3, -0.25) is 9.88 Å². The number of aromatic nitrogens is 1. The zero-order valence-electron chi connectivity index (χ0n) is 10.7. The van der Waals surface area contributed by atoms with Crippen LogP contribution in [0.1, 0.15) is 25.3 Å². The van der Waals surface area contributed by atoms with Crippen molar-refractivity contribution in [2.24, 2.45) is 11.7 Å². The molecule has 2 N–H and O–H groups in total. The van der Waals surface area contributed by atoms with Crippen LogP contribution in [-0.2, 0) is 6.54 Å². The SMILES string of the molecule is CC(N)C1CCN(Cc2cncc(F)c2)CC1.Cl. The van der Waals surface area contributed by atoms with Gasteiger partial charge in [0.1, 0.15) is 5.82 Å². The molecule has 3 nitrogen and oxygen atoms in total. The van der Waals surface area contributed by atoms with Crippen molar-refractivity contribution in [1.29, 1.82) is 0 Å². The van der Waals surface area contributed by atoms with Gasteiger partial charge in [-0.25, -0.2) is 4.39 Å². The molecule has 18 heavy (non-hydrogen) atoms. The van der Waals surface area contributed by atoms with E-state index in [4.69, 9.17) is 5.73 Å². The van der Waals surface area contributed by atoms with E-state index in [1.54, 1.807) is 12.3 Å². The largest absolute Gasteiger partial charge is 0.328 e. The van der Waals surface area contributed by atoms with Gasteiger partial charge in [0.05, 0.1) is 6.20 Å². The quantitative estimate of drug-likeness (QED) is 0.918. The van der Waals surface area contributed by atoms with Gasteiger partial charge in [-0.2, -0.15) is 0 Å². The van der Waals surface area contributed by atoms with Crippen LogP contribution in [0, 0.1) is 11.7 Å². The minimum absolute atomic E-state index is 0. The molecule has 1 saturated heterocycles. The molecule has 1 unspecified atom stereocenters. The van der Waals surface area contributed by atoms with Crippen LogP contribution in [0.3, 0.4) is 0 Å². The molecule has 0 spiro atoms. The first-order valence-corrected chi connectivity index (χ1v) is 6.22. The van der Waals surface area contributed by atoms with Crippen molar-refractivity contribution in [3.05, 3.63) is 29.8 Å². The van der Waals surface area contributed by atoms with Gasteiger partial charge in [0.2, 0.25) is 0 Å². The maximum Gasteiger partial charge on any atom is 0.141 e. The molecule has 2 heterocycles. The van der Waals surface area contributed by atoms with E-state index >= 15 is 0 Å². The molecule has 1 fully saturated rings. The van der Waals surface area contributed by atoms with Gasteiger partial charge in [-0.15, -0.1) is 12.4 Å². The molecule has 1 aromatic heterocycles. The highest BCUT2D eigenvalue weighted by atomic mass is 35.5. The molecule has 0 radical (unpaired) electrons. The molecule has 1 aliphatic rings. The van der Waals surface area contributed by atoms with E-state index in [-0.39, 0.29) is 24.3 Å². The fourth-order valence-corrected chi connectivity index (χ4v) is 2.44. The predicted molar refractivity (Wildman–Crippen MR) is 73.1 cm³/mol. The summed E-state index contributed by atoms with van der Waals surface area (Å²) in [7, 11) is 0. The van der Waals surface area contributed by atoms with Crippen molar-refractivity contribution in [3.63, 3.8) is 0 Å². The highest BCUT2D eigenvalue weighted by Crippen LogP contribution is 2.20. The van der Waals surface area contributed by atoms with Gasteiger partial charge in [0, 0.05) is 18.8 Å². The molecular formula is C13H21ClFN3. The summed E-state index contributed by atoms with van der Waals surface area (Å²) in [5.41, 5.74) is 6.86. The summed E-state index contributed by atoms with van der Waals surface area (Å²) in [5.74, 6) is 0.379. The standard InChI is InChI=1S/C13H20FN3.ClH/c1-10(15)12-2-4-17(5-3-12)9-11-6-13(14)8-16-7-11;/h6-8,10,12H,2-5,9,15H2,1H3;1H. The van der Waals surface area contributed by atoms with Crippen molar-refractivity contribution in [2.75, 3.05) is 13.1 Å². The van der Waals surface area contributed by atoms with E-state index in [0.717, 1.165) is 38.0 Å². The highest BCUT2D eigenvalue weighted by Gasteiger charge is 2.21. The molecule has 0 bridgehead atoms. The van der Waals surface area contributed by atoms with Crippen LogP contribution < -0.4 is 5.73 Å². The van der Waals surface area contributed by atoms with Crippen LogP contribution in [0.4, 0.5) is 4.39 Å². The van der Waals surface area contributed by atoms with Crippen LogP contribution in [0.15, 0.2) is 18.5 Å². The van der Waals surface area contributed by atoms with Crippen molar-refractivity contribution in [2.45, 2.75) is 32.4 Å². The minimum Gasteiger partial charge on any atom is -0.328 e. The zero-order valence-corrected chi connectivity index (χ0v) is 11.5. The Bertz CT molecular complexity index is 365. The van der Waals surface area contributed by atoms with E-state index in [1.807, 2.05) is 0 Å². The number of nitrogens with zero attached hydrogens (tertiary/aromatic N) is 2. The van der Waals surface area contributed by atoms with Gasteiger partial charge in [0.25, 0.3) is 0 Å². The van der Waals surface area contributed by atoms with Crippen molar-refractivity contribution in [3.8, 4) is 0 Å². The predicted octanol–water partition coefficient (Wildman–Crippen LogP) is 2.20. The monoisotopic (exact) mass is 273 g/mol. The Balaban J connectivity index is 0.00000162. The number of likely N-dealkylation sites (tertiary alicyclic amines) is 1. The molecule has 5 heteroatoms. The van der Waals surface area contributed by atoms with Gasteiger partial charge >= 0.3 is 0 Å². The molecule has 0 aliphatic carbocycles. The highest BCUT2D eigenvalue weighted by molar-refractivity contribution is 5.85. The zero-order chi connectivity index (χ0) is 12.3. The molecule has 0 saturated carbocycles. The van der Waals surface area contributed by atoms with E-state index in [1.165, 1.54) is 6.20 Å². The Hall–Kier alpha value is -0.710. The summed E-state index contributed by atoms with van der Waals surface area (Å²) in [6.45, 7) is 4.96. The normalized spacial score (nSPS) is 19.3. The molecule has 1 aromatic rings. The second-order valence-electron chi connectivity index (χ2n) is 4.98. The van der Waals surface area contributed by atoms with E-state index in [2.05, 4.69) is 16.8 Å². The van der Waals surface area contributed by atoms with Crippen LogP contribution in [-0.4, -0.2) is 29.0 Å². The fourth-order valence-electron chi connectivity index (χ4n) is 2.44. The average molecular weight is 274 g/mol. The van der Waals surface area contributed by atoms with E-state index < -0.39 is 0 Å². The maximum absolute atomic E-state index is 13.0. The summed E-state index contributed by atoms with van der Waals surface area (Å²) in [4.78, 5) is 6.21. The molecule has 2 rings (SSSR count). The lowest BCUT2D eigenvalue weighted by atomic mass is 9.91. The summed E-state index contributed by atoms with van der Waals surface area (Å²) < 4.78 is 13.0. The maximum atomic E-state index is 13.0. The van der Waals surface area contributed by atoms with E-state index in [9.17, 15) is 4.39 Å². The summed E-state index contributed by atoms with van der Waals surface area (Å²) in [6, 6.07) is 1.85. The topological polar surface area (TPSA) is 42.1 Å². The van der Waals surface area contributed by atoms with Crippen molar-refractivity contribution < 1.29 is 4.39 Å². The second-order valence-corrected chi connectivity index (χ2v) is 4.98. The number of hydrogen-bond donors (Lipinski definition) is 1. The van der Waals surface area contributed by atoms with Crippen LogP contribution in [0.2, 0.25) is 0 Å². The Kier molecular flexibility index (Phi) is 5.99. The van der Waals surface area contributed by atoms with Crippen LogP contribution in [0.5, 0.6) is 0 Å². The van der Waals surface area contributed by atoms with Crippen molar-refractivity contribution in [1.82, 2.24) is 9.88 Å². The Morgan fingerprint density at radius 3 is 2.67 bits per heavy atom. The van der Waals surface area contributed by atoms with Gasteiger partial charge < -0.3 is 5.73 Å². The molecule has 0 amide bonds. The van der Waals surface area contributed by atoms with Crippen molar-refractivity contribution >= 4 is 12.4 Å². The lowest BCUT2D eigenvalue weighted by Gasteiger charge is -2.33. The summed E-state index contributed by atoms with van der Waals surface area (Å²) in [6.07, 6.45) is 5.26. The summed E-state index contributed by atoms with van der Waals surface area (Å²) in [5, 5.41) is 0. The third-order valence-electron chi connectivity index (χ3n) is 3.54. The molecule has 0 aromatic carbocycles. The van der Waals surface area contributed by atoms with Gasteiger partial charge in [-0.05, 0) is 50.4 Å². The Morgan fingerprint density at radius 2 is 2.11 bits per heavy atom. The first-order valence-electron chi connectivity index (χ1n) is 6.22. The number of piperidine rings is 1. The number of nitrogens with two attached hydrogens (primary N) is 1. The Morgan fingerprint density at radius 1 is 1.44 bits per heavy atom. The number of rotatable bonds is 3. The molecule has 1 atom stereocenters. The lowest BCUT2D eigenvalue weighted by Crippen LogP contribution is -2.39. The first-order chi connectivity index (χ1) is 8.15. The third kappa shape index (κ3) is 4.19. The lowest BCUT2D eigenvalue weighted by molar-refractivity contribution is 0.165. The average Bonchev–Trinajstić information content (AvgIpc) is 2.29. The second kappa shape index (κ2) is 7.02. The van der Waals surface area contributed by atoms with Crippen LogP contribution in [0.25, 0.3) is 0 Å². The van der Waals surface area contributed by atoms with E-state index in [0.29, 0.717) is 5.92 Å². The minimum atomic E-state index is -0.257. The van der Waals surface area contributed by atoms with Crippen LogP contribution >= 0.6 is 12.4 Å². The fraction of sp³-hybridized carbons (Fsp3) is 0.615. The Labute approximate surface area is 114 Å². The molecule has 102 valence electrons. The number of halogens is 2. The summed E-state index contributed by atoms with van der Waals surface area (Å²) >= 11 is 0. The third-order valence-corrected chi connectivity index (χ3v) is 3.54. The molecular weight excluding hydrogens is 253 g/mol. The number of pyridine rings is 1. The first kappa shape index (κ1) is 15.3. The van der Waals surface area contributed by atoms with Gasteiger partial charge in [-0.1, -0.05) is 0 Å².